The number of aromatic hydroxyl groups is 2. The number of halogens is 1. The third-order valence-electron chi connectivity index (χ3n) is 5.30. The Morgan fingerprint density at radius 3 is 2.53 bits per heavy atom. The summed E-state index contributed by atoms with van der Waals surface area (Å²) in [5.74, 6) is 0.953. The van der Waals surface area contributed by atoms with Crippen LogP contribution >= 0.6 is 11.6 Å². The lowest BCUT2D eigenvalue weighted by Gasteiger charge is -2.23. The minimum absolute atomic E-state index is 0.222. The van der Waals surface area contributed by atoms with Crippen molar-refractivity contribution >= 4 is 40.7 Å². The molecular formula is C24H18ClN3O6. The lowest BCUT2D eigenvalue weighted by molar-refractivity contribution is -0.110. The SMILES string of the molecule is N/N=C(\C(=O)Nc1cccc(Cl)c1)[C@H](C(=O)c1ccc(O)cc1O)[C@H]1OC(=O)c2ccccc21. The van der Waals surface area contributed by atoms with Crippen LogP contribution in [-0.2, 0) is 9.53 Å². The molecule has 0 aliphatic carbocycles. The number of nitrogens with two attached hydrogens (primary N) is 1. The van der Waals surface area contributed by atoms with E-state index < -0.39 is 41.1 Å². The largest absolute Gasteiger partial charge is 0.508 e. The van der Waals surface area contributed by atoms with Gasteiger partial charge in [-0.3, -0.25) is 9.59 Å². The van der Waals surface area contributed by atoms with E-state index in [-0.39, 0.29) is 16.9 Å². The van der Waals surface area contributed by atoms with Crippen LogP contribution in [0.3, 0.4) is 0 Å². The first kappa shape index (κ1) is 22.8. The van der Waals surface area contributed by atoms with Crippen LogP contribution in [0.15, 0.2) is 71.8 Å². The van der Waals surface area contributed by atoms with Gasteiger partial charge in [0, 0.05) is 22.3 Å². The highest BCUT2D eigenvalue weighted by molar-refractivity contribution is 6.47. The highest BCUT2D eigenvalue weighted by Gasteiger charge is 2.45. The number of nitrogens with one attached hydrogen (secondary N) is 1. The van der Waals surface area contributed by atoms with Gasteiger partial charge in [-0.25, -0.2) is 4.79 Å². The predicted octanol–water partition coefficient (Wildman–Crippen LogP) is 3.42. The average molecular weight is 480 g/mol. The normalized spacial score (nSPS) is 15.9. The number of esters is 1. The van der Waals surface area contributed by atoms with Gasteiger partial charge in [-0.05, 0) is 36.4 Å². The topological polar surface area (TPSA) is 151 Å². The second kappa shape index (κ2) is 9.24. The highest BCUT2D eigenvalue weighted by atomic mass is 35.5. The second-order valence-electron chi connectivity index (χ2n) is 7.44. The Morgan fingerprint density at radius 1 is 1.06 bits per heavy atom. The van der Waals surface area contributed by atoms with Crippen molar-refractivity contribution in [2.24, 2.45) is 16.9 Å². The van der Waals surface area contributed by atoms with E-state index in [4.69, 9.17) is 22.2 Å². The van der Waals surface area contributed by atoms with Gasteiger partial charge >= 0.3 is 5.97 Å². The lowest BCUT2D eigenvalue weighted by atomic mass is 9.84. The maximum Gasteiger partial charge on any atom is 0.339 e. The Bertz CT molecular complexity index is 1340. The molecule has 5 N–H and O–H groups in total. The Balaban J connectivity index is 1.79. The van der Waals surface area contributed by atoms with Gasteiger partial charge in [-0.15, -0.1) is 0 Å². The van der Waals surface area contributed by atoms with Gasteiger partial charge in [0.1, 0.15) is 29.2 Å². The summed E-state index contributed by atoms with van der Waals surface area (Å²) in [5.41, 5.74) is 0.251. The van der Waals surface area contributed by atoms with Crippen LogP contribution in [0, 0.1) is 5.92 Å². The molecule has 3 aromatic rings. The first-order chi connectivity index (χ1) is 16.3. The summed E-state index contributed by atoms with van der Waals surface area (Å²) >= 11 is 5.97. The van der Waals surface area contributed by atoms with Gasteiger partial charge in [-0.1, -0.05) is 35.9 Å². The van der Waals surface area contributed by atoms with E-state index in [1.165, 1.54) is 24.3 Å². The molecule has 1 aliphatic heterocycles. The van der Waals surface area contributed by atoms with Gasteiger partial charge in [0.2, 0.25) is 0 Å². The zero-order chi connectivity index (χ0) is 24.4. The quantitative estimate of drug-likeness (QED) is 0.139. The van der Waals surface area contributed by atoms with Crippen molar-refractivity contribution in [3.05, 3.63) is 88.4 Å². The van der Waals surface area contributed by atoms with E-state index in [0.717, 1.165) is 6.07 Å². The van der Waals surface area contributed by atoms with Crippen LogP contribution in [0.4, 0.5) is 5.69 Å². The number of fused-ring (bicyclic) bond motifs is 1. The number of carbonyl (C=O) groups is 3. The van der Waals surface area contributed by atoms with Gasteiger partial charge < -0.3 is 26.1 Å². The fourth-order valence-electron chi connectivity index (χ4n) is 3.76. The molecule has 0 saturated heterocycles. The summed E-state index contributed by atoms with van der Waals surface area (Å²) in [6.07, 6.45) is -1.24. The Kier molecular flexibility index (Phi) is 6.20. The first-order valence-electron chi connectivity index (χ1n) is 10.0. The predicted molar refractivity (Wildman–Crippen MR) is 124 cm³/mol. The fraction of sp³-hybridized carbons (Fsp3) is 0.0833. The summed E-state index contributed by atoms with van der Waals surface area (Å²) in [6, 6.07) is 16.1. The molecule has 0 radical (unpaired) electrons. The second-order valence-corrected chi connectivity index (χ2v) is 7.87. The number of ketones is 1. The number of anilines is 1. The molecule has 3 aromatic carbocycles. The molecule has 0 saturated carbocycles. The van der Waals surface area contributed by atoms with Crippen LogP contribution in [0.2, 0.25) is 5.02 Å². The smallest absolute Gasteiger partial charge is 0.339 e. The molecule has 34 heavy (non-hydrogen) atoms. The van der Waals surface area contributed by atoms with Crippen LogP contribution in [0.1, 0.15) is 32.4 Å². The number of amides is 1. The fourth-order valence-corrected chi connectivity index (χ4v) is 3.95. The number of hydrogen-bond donors (Lipinski definition) is 4. The number of rotatable bonds is 6. The number of cyclic esters (lactones) is 1. The number of Topliss-reactive ketones (excluding diaryl/α,β-unsaturated/α-hetero) is 1. The summed E-state index contributed by atoms with van der Waals surface area (Å²) in [7, 11) is 0. The molecule has 1 aliphatic rings. The molecule has 0 spiro atoms. The Hall–Kier alpha value is -4.37. The summed E-state index contributed by atoms with van der Waals surface area (Å²) in [6.45, 7) is 0. The maximum atomic E-state index is 13.6. The molecule has 9 nitrogen and oxygen atoms in total. The van der Waals surface area contributed by atoms with Crippen molar-refractivity contribution in [2.75, 3.05) is 5.32 Å². The Morgan fingerprint density at radius 2 is 1.82 bits per heavy atom. The standard InChI is InChI=1S/C24H18ClN3O6/c25-12-4-3-5-13(10-12)27-23(32)20(28-26)19(21(31)17-9-8-14(29)11-18(17)30)22-15-6-1-2-7-16(15)24(33)34-22/h1-11,19,22,29-30H,26H2,(H,27,32)/b28-20-/t19-,22+/m1/s1. The molecular weight excluding hydrogens is 462 g/mol. The van der Waals surface area contributed by atoms with Crippen LogP contribution in [0.25, 0.3) is 0 Å². The number of phenolic OH excluding ortho intramolecular Hbond substituents is 2. The number of carbonyl (C=O) groups excluding carboxylic acids is 3. The van der Waals surface area contributed by atoms with Crippen molar-refractivity contribution in [2.45, 2.75) is 6.10 Å². The van der Waals surface area contributed by atoms with Gasteiger partial charge in [0.25, 0.3) is 5.91 Å². The van der Waals surface area contributed by atoms with E-state index in [1.807, 2.05) is 0 Å². The minimum atomic E-state index is -1.51. The van der Waals surface area contributed by atoms with Crippen LogP contribution in [-0.4, -0.2) is 33.6 Å². The molecule has 10 heteroatoms. The van der Waals surface area contributed by atoms with E-state index in [9.17, 15) is 24.6 Å². The van der Waals surface area contributed by atoms with Crippen molar-refractivity contribution in [3.8, 4) is 11.5 Å². The molecule has 0 bridgehead atoms. The summed E-state index contributed by atoms with van der Waals surface area (Å²) < 4.78 is 5.47. The third kappa shape index (κ3) is 4.28. The van der Waals surface area contributed by atoms with Crippen LogP contribution < -0.4 is 11.2 Å². The molecule has 2 atom stereocenters. The molecule has 0 aromatic heterocycles. The summed E-state index contributed by atoms with van der Waals surface area (Å²) in [4.78, 5) is 39.2. The van der Waals surface area contributed by atoms with Gasteiger partial charge in [-0.2, -0.15) is 5.10 Å². The molecule has 0 fully saturated rings. The molecule has 1 heterocycles. The number of benzene rings is 3. The molecule has 0 unspecified atom stereocenters. The third-order valence-corrected chi connectivity index (χ3v) is 5.54. The highest BCUT2D eigenvalue weighted by Crippen LogP contribution is 2.39. The van der Waals surface area contributed by atoms with Crippen molar-refractivity contribution in [1.82, 2.24) is 0 Å². The zero-order valence-corrected chi connectivity index (χ0v) is 18.2. The van der Waals surface area contributed by atoms with Gasteiger partial charge in [0.05, 0.1) is 11.1 Å². The van der Waals surface area contributed by atoms with Crippen molar-refractivity contribution in [1.29, 1.82) is 0 Å². The maximum absolute atomic E-state index is 13.6. The van der Waals surface area contributed by atoms with E-state index in [1.54, 1.807) is 36.4 Å². The van der Waals surface area contributed by atoms with E-state index >= 15 is 0 Å². The zero-order valence-electron chi connectivity index (χ0n) is 17.4. The lowest BCUT2D eigenvalue weighted by Crippen LogP contribution is -2.39. The van der Waals surface area contributed by atoms with Crippen molar-refractivity contribution < 1.29 is 29.3 Å². The van der Waals surface area contributed by atoms with Crippen LogP contribution in [0.5, 0.6) is 11.5 Å². The minimum Gasteiger partial charge on any atom is -0.508 e. The van der Waals surface area contributed by atoms with E-state index in [0.29, 0.717) is 16.3 Å². The number of nitrogens with zero attached hydrogens (tertiary/aromatic N) is 1. The first-order valence-corrected chi connectivity index (χ1v) is 10.4. The molecule has 1 amide bonds. The number of hydrogen-bond acceptors (Lipinski definition) is 8. The van der Waals surface area contributed by atoms with Crippen molar-refractivity contribution in [3.63, 3.8) is 0 Å². The molecule has 172 valence electrons. The molecule has 4 rings (SSSR count). The monoisotopic (exact) mass is 479 g/mol. The van der Waals surface area contributed by atoms with Gasteiger partial charge in [0.15, 0.2) is 5.78 Å². The Labute approximate surface area is 198 Å². The van der Waals surface area contributed by atoms with E-state index in [2.05, 4.69) is 10.4 Å². The number of hydrazone groups is 1. The average Bonchev–Trinajstić information content (AvgIpc) is 3.13. The number of phenols is 2. The summed E-state index contributed by atoms with van der Waals surface area (Å²) in [5, 5.41) is 26.4. The number of ether oxygens (including phenoxy) is 1.